The minimum Gasteiger partial charge on any atom is -0.352 e. The highest BCUT2D eigenvalue weighted by Gasteiger charge is 2.22. The molecule has 3 heterocycles. The van der Waals surface area contributed by atoms with Gasteiger partial charge in [-0.3, -0.25) is 4.99 Å². The zero-order chi connectivity index (χ0) is 17.5. The van der Waals surface area contributed by atoms with Gasteiger partial charge in [0.25, 0.3) is 0 Å². The van der Waals surface area contributed by atoms with Crippen LogP contribution < -0.4 is 15.5 Å². The van der Waals surface area contributed by atoms with Gasteiger partial charge in [-0.05, 0) is 25.3 Å². The molecule has 2 N–H and O–H groups in total. The van der Waals surface area contributed by atoms with Gasteiger partial charge in [-0.15, -0.1) is 11.3 Å². The number of anilines is 1. The first-order valence-corrected chi connectivity index (χ1v) is 9.53. The molecule has 1 fully saturated rings. The van der Waals surface area contributed by atoms with E-state index in [2.05, 4.69) is 42.4 Å². The molecule has 0 aromatic carbocycles. The Morgan fingerprint density at radius 2 is 2.20 bits per heavy atom. The van der Waals surface area contributed by atoms with Crippen molar-refractivity contribution in [2.75, 3.05) is 25.0 Å². The molecule has 7 nitrogen and oxygen atoms in total. The summed E-state index contributed by atoms with van der Waals surface area (Å²) < 4.78 is 0. The average molecular weight is 360 g/mol. The van der Waals surface area contributed by atoms with Crippen molar-refractivity contribution in [2.24, 2.45) is 4.99 Å². The highest BCUT2D eigenvalue weighted by Crippen LogP contribution is 2.15. The van der Waals surface area contributed by atoms with Crippen LogP contribution in [0.5, 0.6) is 0 Å². The van der Waals surface area contributed by atoms with Crippen LogP contribution in [-0.4, -0.2) is 47.1 Å². The molecule has 0 amide bonds. The molecule has 134 valence electrons. The lowest BCUT2D eigenvalue weighted by molar-refractivity contribution is 0.463. The third-order valence-corrected chi connectivity index (χ3v) is 5.32. The Bertz CT molecular complexity index is 685. The third-order valence-electron chi connectivity index (χ3n) is 4.18. The predicted octanol–water partition coefficient (Wildman–Crippen LogP) is 1.83. The summed E-state index contributed by atoms with van der Waals surface area (Å²) in [5.74, 6) is 1.61. The fourth-order valence-corrected chi connectivity index (χ4v) is 3.67. The number of hydrogen-bond acceptors (Lipinski definition) is 6. The SMILES string of the molecule is CCc1cnc(CNC(=NC)NC2CCCN(c3ncccn3)C2)s1. The quantitative estimate of drug-likeness (QED) is 0.626. The molecule has 8 heteroatoms. The molecule has 3 rings (SSSR count). The number of nitrogens with zero attached hydrogens (tertiary/aromatic N) is 5. The van der Waals surface area contributed by atoms with Gasteiger partial charge in [0, 0.05) is 49.6 Å². The van der Waals surface area contributed by atoms with Crippen LogP contribution in [0.3, 0.4) is 0 Å². The van der Waals surface area contributed by atoms with Crippen LogP contribution in [0.2, 0.25) is 0 Å². The maximum atomic E-state index is 4.44. The van der Waals surface area contributed by atoms with Gasteiger partial charge in [-0.2, -0.15) is 0 Å². The van der Waals surface area contributed by atoms with E-state index in [0.29, 0.717) is 12.6 Å². The molecule has 0 aliphatic carbocycles. The number of thiazole rings is 1. The molecule has 25 heavy (non-hydrogen) atoms. The Hall–Kier alpha value is -2.22. The van der Waals surface area contributed by atoms with Gasteiger partial charge < -0.3 is 15.5 Å². The van der Waals surface area contributed by atoms with Crippen LogP contribution in [0.25, 0.3) is 0 Å². The standard InChI is InChI=1S/C17H25N7S/c1-3-14-10-21-15(25-14)11-22-16(18-2)23-13-6-4-9-24(12-13)17-19-7-5-8-20-17/h5,7-8,10,13H,3-4,6,9,11-12H2,1-2H3,(H2,18,22,23). The summed E-state index contributed by atoms with van der Waals surface area (Å²) in [5, 5.41) is 7.96. The Kier molecular flexibility index (Phi) is 6.16. The molecule has 2 aromatic heterocycles. The summed E-state index contributed by atoms with van der Waals surface area (Å²) in [6, 6.07) is 2.17. The van der Waals surface area contributed by atoms with Gasteiger partial charge in [0.1, 0.15) is 5.01 Å². The lowest BCUT2D eigenvalue weighted by atomic mass is 10.1. The average Bonchev–Trinajstić information content (AvgIpc) is 3.14. The van der Waals surface area contributed by atoms with E-state index in [1.807, 2.05) is 12.3 Å². The van der Waals surface area contributed by atoms with Gasteiger partial charge >= 0.3 is 0 Å². The Morgan fingerprint density at radius 3 is 2.92 bits per heavy atom. The number of piperidine rings is 1. The first kappa shape index (κ1) is 17.6. The summed E-state index contributed by atoms with van der Waals surface area (Å²) in [5.41, 5.74) is 0. The van der Waals surface area contributed by atoms with Crippen molar-refractivity contribution in [3.8, 4) is 0 Å². The maximum absolute atomic E-state index is 4.44. The zero-order valence-electron chi connectivity index (χ0n) is 14.8. The van der Waals surface area contributed by atoms with Crippen molar-refractivity contribution in [3.63, 3.8) is 0 Å². The molecule has 0 saturated carbocycles. The summed E-state index contributed by atoms with van der Waals surface area (Å²) in [6.07, 6.45) is 8.79. The van der Waals surface area contributed by atoms with E-state index in [4.69, 9.17) is 0 Å². The van der Waals surface area contributed by atoms with Crippen molar-refractivity contribution < 1.29 is 0 Å². The Labute approximate surface area is 152 Å². The molecule has 1 unspecified atom stereocenters. The van der Waals surface area contributed by atoms with Crippen LogP contribution in [0.1, 0.15) is 29.7 Å². The number of hydrogen-bond donors (Lipinski definition) is 2. The Morgan fingerprint density at radius 1 is 1.36 bits per heavy atom. The monoisotopic (exact) mass is 359 g/mol. The van der Waals surface area contributed by atoms with Crippen molar-refractivity contribution in [3.05, 3.63) is 34.5 Å². The summed E-state index contributed by atoms with van der Waals surface area (Å²) >= 11 is 1.75. The first-order valence-electron chi connectivity index (χ1n) is 8.71. The highest BCUT2D eigenvalue weighted by atomic mass is 32.1. The number of rotatable bonds is 5. The van der Waals surface area contributed by atoms with E-state index in [0.717, 1.165) is 49.3 Å². The van der Waals surface area contributed by atoms with E-state index in [-0.39, 0.29) is 0 Å². The molecule has 0 radical (unpaired) electrons. The minimum atomic E-state index is 0.325. The topological polar surface area (TPSA) is 78.3 Å². The van der Waals surface area contributed by atoms with Gasteiger partial charge in [-0.1, -0.05) is 6.92 Å². The zero-order valence-corrected chi connectivity index (χ0v) is 15.6. The molecule has 1 atom stereocenters. The van der Waals surface area contributed by atoms with Crippen LogP contribution in [0.15, 0.2) is 29.6 Å². The van der Waals surface area contributed by atoms with Crippen molar-refractivity contribution in [2.45, 2.75) is 38.8 Å². The van der Waals surface area contributed by atoms with Gasteiger partial charge in [-0.25, -0.2) is 15.0 Å². The molecule has 0 spiro atoms. The van der Waals surface area contributed by atoms with Crippen molar-refractivity contribution in [1.29, 1.82) is 0 Å². The third kappa shape index (κ3) is 4.88. The molecule has 1 aliphatic heterocycles. The number of aromatic nitrogens is 3. The number of aliphatic imine (C=N–C) groups is 1. The largest absolute Gasteiger partial charge is 0.352 e. The molecule has 1 aliphatic rings. The second kappa shape index (κ2) is 8.75. The summed E-state index contributed by atoms with van der Waals surface area (Å²) in [7, 11) is 1.80. The summed E-state index contributed by atoms with van der Waals surface area (Å²) in [4.78, 5) is 21.0. The van der Waals surface area contributed by atoms with Gasteiger partial charge in [0.05, 0.1) is 6.54 Å². The van der Waals surface area contributed by atoms with E-state index in [9.17, 15) is 0 Å². The fraction of sp³-hybridized carbons (Fsp3) is 0.529. The highest BCUT2D eigenvalue weighted by molar-refractivity contribution is 7.11. The lowest BCUT2D eigenvalue weighted by Gasteiger charge is -2.33. The van der Waals surface area contributed by atoms with Crippen LogP contribution in [0, 0.1) is 0 Å². The number of aryl methyl sites for hydroxylation is 1. The van der Waals surface area contributed by atoms with Crippen molar-refractivity contribution in [1.82, 2.24) is 25.6 Å². The van der Waals surface area contributed by atoms with Crippen LogP contribution in [0.4, 0.5) is 5.95 Å². The number of guanidine groups is 1. The van der Waals surface area contributed by atoms with E-state index in [1.54, 1.807) is 30.8 Å². The van der Waals surface area contributed by atoms with E-state index in [1.165, 1.54) is 4.88 Å². The van der Waals surface area contributed by atoms with E-state index >= 15 is 0 Å². The minimum absolute atomic E-state index is 0.325. The molecule has 1 saturated heterocycles. The normalized spacial score (nSPS) is 18.2. The van der Waals surface area contributed by atoms with Crippen LogP contribution in [-0.2, 0) is 13.0 Å². The fourth-order valence-electron chi connectivity index (χ4n) is 2.87. The molecule has 2 aromatic rings. The molecule has 0 bridgehead atoms. The predicted molar refractivity (Wildman–Crippen MR) is 102 cm³/mol. The molecular formula is C17H25N7S. The second-order valence-electron chi connectivity index (χ2n) is 5.98. The second-order valence-corrected chi connectivity index (χ2v) is 7.18. The van der Waals surface area contributed by atoms with Gasteiger partial charge in [0.15, 0.2) is 5.96 Å². The lowest BCUT2D eigenvalue weighted by Crippen LogP contribution is -2.51. The van der Waals surface area contributed by atoms with Gasteiger partial charge in [0.2, 0.25) is 5.95 Å². The van der Waals surface area contributed by atoms with Crippen LogP contribution >= 0.6 is 11.3 Å². The first-order chi connectivity index (χ1) is 12.3. The number of nitrogens with one attached hydrogen (secondary N) is 2. The smallest absolute Gasteiger partial charge is 0.225 e. The van der Waals surface area contributed by atoms with E-state index < -0.39 is 0 Å². The van der Waals surface area contributed by atoms with Crippen molar-refractivity contribution >= 4 is 23.2 Å². The molecular weight excluding hydrogens is 334 g/mol. The Balaban J connectivity index is 1.52. The summed E-state index contributed by atoms with van der Waals surface area (Å²) in [6.45, 7) is 4.72. The maximum Gasteiger partial charge on any atom is 0.225 e.